The number of fused-ring (bicyclic) bond motifs is 2. The van der Waals surface area contributed by atoms with Gasteiger partial charge in [0.1, 0.15) is 0 Å². The summed E-state index contributed by atoms with van der Waals surface area (Å²) in [6.45, 7) is 3.65. The van der Waals surface area contributed by atoms with Gasteiger partial charge in [0.2, 0.25) is 0 Å². The summed E-state index contributed by atoms with van der Waals surface area (Å²) >= 11 is 0. The van der Waals surface area contributed by atoms with Gasteiger partial charge in [-0.1, -0.05) is 60.7 Å². The molecule has 3 aromatic carbocycles. The van der Waals surface area contributed by atoms with Crippen molar-refractivity contribution in [3.8, 4) is 11.3 Å². The molecule has 1 atom stereocenters. The minimum absolute atomic E-state index is 0.0493. The van der Waals surface area contributed by atoms with E-state index >= 15 is 0 Å². The average molecular weight is 425 g/mol. The summed E-state index contributed by atoms with van der Waals surface area (Å²) in [5, 5.41) is 6.37. The van der Waals surface area contributed by atoms with Gasteiger partial charge >= 0.3 is 0 Å². The number of amides is 1. The van der Waals surface area contributed by atoms with Gasteiger partial charge in [0.05, 0.1) is 16.8 Å². The van der Waals surface area contributed by atoms with E-state index in [0.717, 1.165) is 52.6 Å². The Bertz CT molecular complexity index is 1280. The van der Waals surface area contributed by atoms with Crippen LogP contribution in [-0.2, 0) is 0 Å². The Labute approximate surface area is 188 Å². The summed E-state index contributed by atoms with van der Waals surface area (Å²) < 4.78 is 0. The topological polar surface area (TPSA) is 48.5 Å². The molecule has 1 N–H and O–H groups in total. The van der Waals surface area contributed by atoms with Gasteiger partial charge in [0.15, 0.2) is 0 Å². The van der Waals surface area contributed by atoms with Crippen molar-refractivity contribution in [1.82, 2.24) is 20.1 Å². The number of para-hydroxylation sites is 1. The first kappa shape index (κ1) is 20.6. The minimum Gasteiger partial charge on any atom is -0.350 e. The lowest BCUT2D eigenvalue weighted by molar-refractivity contribution is 0.0882. The van der Waals surface area contributed by atoms with E-state index in [1.165, 1.54) is 0 Å². The highest BCUT2D eigenvalue weighted by Crippen LogP contribution is 2.30. The summed E-state index contributed by atoms with van der Waals surface area (Å²) in [6, 6.07) is 24.6. The highest BCUT2D eigenvalue weighted by atomic mass is 16.1. The van der Waals surface area contributed by atoms with Gasteiger partial charge in [-0.25, -0.2) is 4.98 Å². The molecule has 5 nitrogen and oxygen atoms in total. The maximum Gasteiger partial charge on any atom is 0.252 e. The van der Waals surface area contributed by atoms with Gasteiger partial charge in [-0.2, -0.15) is 0 Å². The molecule has 4 aromatic rings. The normalized spacial score (nSPS) is 17.6. The molecular formula is C27H28N4O. The van der Waals surface area contributed by atoms with Crippen molar-refractivity contribution in [2.45, 2.75) is 6.04 Å². The summed E-state index contributed by atoms with van der Waals surface area (Å²) in [7, 11) is 4.26. The summed E-state index contributed by atoms with van der Waals surface area (Å²) in [6.07, 6.45) is 0. The number of hydrogen-bond acceptors (Lipinski definition) is 4. The SMILES string of the molecule is CN1CCN(C)C(CNC(=O)c2cc(-c3cccc4ccccc34)nc3ccccc23)C1. The number of rotatable bonds is 4. The van der Waals surface area contributed by atoms with Gasteiger partial charge in [0, 0.05) is 43.2 Å². The van der Waals surface area contributed by atoms with Crippen LogP contribution < -0.4 is 5.32 Å². The number of benzene rings is 3. The molecule has 1 aliphatic heterocycles. The zero-order chi connectivity index (χ0) is 22.1. The first-order valence-electron chi connectivity index (χ1n) is 11.1. The molecule has 1 aliphatic rings. The maximum atomic E-state index is 13.4. The Balaban J connectivity index is 1.52. The fraction of sp³-hybridized carbons (Fsp3) is 0.259. The minimum atomic E-state index is -0.0493. The van der Waals surface area contributed by atoms with Gasteiger partial charge in [-0.3, -0.25) is 9.69 Å². The van der Waals surface area contributed by atoms with Gasteiger partial charge in [-0.15, -0.1) is 0 Å². The molecule has 1 fully saturated rings. The largest absolute Gasteiger partial charge is 0.350 e. The molecule has 0 radical (unpaired) electrons. The highest BCUT2D eigenvalue weighted by molar-refractivity contribution is 6.08. The number of aromatic nitrogens is 1. The zero-order valence-electron chi connectivity index (χ0n) is 18.6. The molecule has 0 spiro atoms. The van der Waals surface area contributed by atoms with Crippen molar-refractivity contribution in [3.63, 3.8) is 0 Å². The van der Waals surface area contributed by atoms with Crippen molar-refractivity contribution in [3.05, 3.63) is 78.4 Å². The molecule has 2 heterocycles. The summed E-state index contributed by atoms with van der Waals surface area (Å²) in [4.78, 5) is 22.9. The Morgan fingerprint density at radius 3 is 2.59 bits per heavy atom. The van der Waals surface area contributed by atoms with Crippen molar-refractivity contribution in [2.75, 3.05) is 40.3 Å². The molecule has 32 heavy (non-hydrogen) atoms. The first-order valence-corrected chi connectivity index (χ1v) is 11.1. The van der Waals surface area contributed by atoms with Crippen LogP contribution >= 0.6 is 0 Å². The third-order valence-corrected chi connectivity index (χ3v) is 6.50. The third-order valence-electron chi connectivity index (χ3n) is 6.50. The van der Waals surface area contributed by atoms with Crippen molar-refractivity contribution in [2.24, 2.45) is 0 Å². The first-order chi connectivity index (χ1) is 15.6. The average Bonchev–Trinajstić information content (AvgIpc) is 2.83. The Hall–Kier alpha value is -3.28. The molecule has 0 saturated carbocycles. The second-order valence-electron chi connectivity index (χ2n) is 8.71. The highest BCUT2D eigenvalue weighted by Gasteiger charge is 2.23. The van der Waals surface area contributed by atoms with Crippen LogP contribution in [0.25, 0.3) is 32.9 Å². The van der Waals surface area contributed by atoms with E-state index in [-0.39, 0.29) is 5.91 Å². The molecule has 162 valence electrons. The van der Waals surface area contributed by atoms with Crippen LogP contribution in [0.1, 0.15) is 10.4 Å². The number of nitrogens with zero attached hydrogens (tertiary/aromatic N) is 3. The van der Waals surface area contributed by atoms with Crippen LogP contribution in [-0.4, -0.2) is 67.0 Å². The molecule has 5 heteroatoms. The third kappa shape index (κ3) is 3.97. The van der Waals surface area contributed by atoms with E-state index < -0.39 is 0 Å². The molecule has 1 unspecified atom stereocenters. The zero-order valence-corrected chi connectivity index (χ0v) is 18.6. The van der Waals surface area contributed by atoms with Gasteiger partial charge in [0.25, 0.3) is 5.91 Å². The quantitative estimate of drug-likeness (QED) is 0.537. The van der Waals surface area contributed by atoms with Gasteiger partial charge < -0.3 is 10.2 Å². The van der Waals surface area contributed by atoms with Crippen LogP contribution in [0.2, 0.25) is 0 Å². The fourth-order valence-corrected chi connectivity index (χ4v) is 4.58. The summed E-state index contributed by atoms with van der Waals surface area (Å²) in [5.41, 5.74) is 3.36. The predicted octanol–water partition coefficient (Wildman–Crippen LogP) is 4.03. The summed E-state index contributed by atoms with van der Waals surface area (Å²) in [5.74, 6) is -0.0493. The predicted molar refractivity (Wildman–Crippen MR) is 131 cm³/mol. The number of nitrogens with one attached hydrogen (secondary N) is 1. The Morgan fingerprint density at radius 1 is 0.969 bits per heavy atom. The molecule has 5 rings (SSSR count). The lowest BCUT2D eigenvalue weighted by Crippen LogP contribution is -2.54. The molecular weight excluding hydrogens is 396 g/mol. The van der Waals surface area contributed by atoms with E-state index in [4.69, 9.17) is 4.98 Å². The van der Waals surface area contributed by atoms with Gasteiger partial charge in [-0.05, 0) is 37.0 Å². The van der Waals surface area contributed by atoms with E-state index in [2.05, 4.69) is 53.5 Å². The lowest BCUT2D eigenvalue weighted by atomic mass is 9.99. The number of carbonyl (C=O) groups excluding carboxylic acids is 1. The van der Waals surface area contributed by atoms with Crippen molar-refractivity contribution in [1.29, 1.82) is 0 Å². The smallest absolute Gasteiger partial charge is 0.252 e. The van der Waals surface area contributed by atoms with E-state index in [0.29, 0.717) is 18.2 Å². The molecule has 1 amide bonds. The Morgan fingerprint density at radius 2 is 1.72 bits per heavy atom. The van der Waals surface area contributed by atoms with Crippen molar-refractivity contribution < 1.29 is 4.79 Å². The second-order valence-corrected chi connectivity index (χ2v) is 8.71. The van der Waals surface area contributed by atoms with Crippen molar-refractivity contribution >= 4 is 27.6 Å². The lowest BCUT2D eigenvalue weighted by Gasteiger charge is -2.37. The van der Waals surface area contributed by atoms with Crippen LogP contribution in [0.3, 0.4) is 0 Å². The fourth-order valence-electron chi connectivity index (χ4n) is 4.58. The van der Waals surface area contributed by atoms with E-state index in [1.807, 2.05) is 48.5 Å². The second kappa shape index (κ2) is 8.69. The number of likely N-dealkylation sites (N-methyl/N-ethyl adjacent to an activating group) is 2. The molecule has 0 aliphatic carbocycles. The van der Waals surface area contributed by atoms with E-state index in [9.17, 15) is 4.79 Å². The van der Waals surface area contributed by atoms with Crippen LogP contribution in [0.5, 0.6) is 0 Å². The van der Waals surface area contributed by atoms with Crippen LogP contribution in [0.4, 0.5) is 0 Å². The molecule has 0 bridgehead atoms. The molecule has 1 aromatic heterocycles. The number of pyridine rings is 1. The number of hydrogen-bond donors (Lipinski definition) is 1. The Kier molecular flexibility index (Phi) is 5.60. The van der Waals surface area contributed by atoms with Crippen LogP contribution in [0, 0.1) is 0 Å². The number of carbonyl (C=O) groups is 1. The number of piperazine rings is 1. The van der Waals surface area contributed by atoms with Crippen LogP contribution in [0.15, 0.2) is 72.8 Å². The maximum absolute atomic E-state index is 13.4. The standard InChI is InChI=1S/C27H28N4O/c1-30-14-15-31(2)20(18-30)17-28-27(32)24-16-26(29-25-13-6-5-11-23(24)25)22-12-7-9-19-8-3-4-10-21(19)22/h3-13,16,20H,14-15,17-18H2,1-2H3,(H,28,32). The monoisotopic (exact) mass is 424 g/mol. The van der Waals surface area contributed by atoms with E-state index in [1.54, 1.807) is 0 Å². The molecule has 1 saturated heterocycles.